The summed E-state index contributed by atoms with van der Waals surface area (Å²) in [5.74, 6) is -2.24. The summed E-state index contributed by atoms with van der Waals surface area (Å²) >= 11 is 0. The molecule has 0 spiro atoms. The zero-order valence-corrected chi connectivity index (χ0v) is 66.8. The second-order valence-electron chi connectivity index (χ2n) is 28.8. The largest absolute Gasteiger partial charge is 0.454 e. The van der Waals surface area contributed by atoms with Gasteiger partial charge in [-0.2, -0.15) is 0 Å². The number of ether oxygens (including phenoxy) is 12. The molecule has 12 aromatic carbocycles. The van der Waals surface area contributed by atoms with Crippen LogP contribution in [-0.4, -0.2) is 149 Å². The summed E-state index contributed by atoms with van der Waals surface area (Å²) in [5, 5.41) is 0. The third-order valence-electron chi connectivity index (χ3n) is 20.2. The van der Waals surface area contributed by atoms with Crippen molar-refractivity contribution >= 4 is 0 Å². The minimum atomic E-state index is -2.99. The van der Waals surface area contributed by atoms with Gasteiger partial charge in [-0.05, 0) is 218 Å². The van der Waals surface area contributed by atoms with Crippen molar-refractivity contribution in [3.8, 4) is 46.0 Å². The summed E-state index contributed by atoms with van der Waals surface area (Å²) in [7, 11) is 0. The van der Waals surface area contributed by atoms with E-state index in [9.17, 15) is 2.74 Å². The molecule has 0 unspecified atom stereocenters. The lowest BCUT2D eigenvalue weighted by Crippen LogP contribution is -2.41. The first-order valence-electron chi connectivity index (χ1n) is 65.3. The Kier molecular flexibility index (Phi) is 15.6. The molecule has 8 heterocycles. The van der Waals surface area contributed by atoms with Crippen LogP contribution in [0.2, 0.25) is 0 Å². The summed E-state index contributed by atoms with van der Waals surface area (Å²) in [6.45, 7) is -15.5. The molecule has 640 valence electrons. The van der Waals surface area contributed by atoms with Gasteiger partial charge in [-0.1, -0.05) is 266 Å². The molecular weight excluding hydrogens is 1550 g/mol. The molecule has 16 heteroatoms. The number of hydrogen-bond acceptors (Lipinski definition) is 16. The van der Waals surface area contributed by atoms with Crippen molar-refractivity contribution in [2.24, 2.45) is 0 Å². The summed E-state index contributed by atoms with van der Waals surface area (Å²) < 4.78 is 488. The van der Waals surface area contributed by atoms with Crippen LogP contribution in [0.5, 0.6) is 46.0 Å². The van der Waals surface area contributed by atoms with Gasteiger partial charge in [0.1, 0.15) is 29.9 Å². The van der Waals surface area contributed by atoms with Crippen LogP contribution in [-0.2, 0) is 44.5 Å². The molecule has 0 saturated carbocycles. The van der Waals surface area contributed by atoms with E-state index in [1.165, 1.54) is 19.6 Å². The van der Waals surface area contributed by atoms with E-state index in [0.29, 0.717) is 25.7 Å². The number of nitrogens with zero attached hydrogens (tertiary/aromatic N) is 4. The highest BCUT2D eigenvalue weighted by atomic mass is 16.7. The Morgan fingerprint density at radius 2 is 0.565 bits per heavy atom. The average Bonchev–Trinajstić information content (AvgIpc) is 1.40. The number of hydrogen-bond donors (Lipinski definition) is 0. The molecule has 4 fully saturated rings. The minimum Gasteiger partial charge on any atom is -0.454 e. The zero-order chi connectivity index (χ0) is 128. The molecule has 4 atom stereocenters. The third kappa shape index (κ3) is 23.8. The predicted octanol–water partition coefficient (Wildman–Crippen LogP) is 20.9. The molecule has 12 aromatic rings. The molecule has 8 aliphatic rings. The van der Waals surface area contributed by atoms with Crippen molar-refractivity contribution in [1.82, 2.24) is 19.6 Å². The van der Waals surface area contributed by atoms with Crippen LogP contribution in [0.4, 0.5) is 0 Å². The number of rotatable bonds is 28. The Morgan fingerprint density at radius 3 is 0.895 bits per heavy atom. The second kappa shape index (κ2) is 43.9. The van der Waals surface area contributed by atoms with E-state index < -0.39 is 339 Å². The Balaban J connectivity index is 0.000000154. The van der Waals surface area contributed by atoms with Gasteiger partial charge in [-0.25, -0.2) is 0 Å². The van der Waals surface area contributed by atoms with Crippen LogP contribution < -0.4 is 37.9 Å². The van der Waals surface area contributed by atoms with Crippen LogP contribution in [0.25, 0.3) is 0 Å². The Hall–Kier alpha value is -11.3. The minimum absolute atomic E-state index is 0.0597. The molecule has 0 bridgehead atoms. The molecule has 0 amide bonds. The highest BCUT2D eigenvalue weighted by Crippen LogP contribution is 2.40. The van der Waals surface area contributed by atoms with Crippen molar-refractivity contribution in [1.29, 1.82) is 0 Å². The number of likely N-dealkylation sites (tertiary alicyclic amines) is 4. The van der Waals surface area contributed by atoms with Crippen molar-refractivity contribution < 1.29 is 125 Å². The Morgan fingerprint density at radius 1 is 0.298 bits per heavy atom. The molecule has 0 N–H and O–H groups in total. The first-order chi connectivity index (χ1) is 81.4. The van der Waals surface area contributed by atoms with Crippen molar-refractivity contribution in [2.75, 3.05) is 105 Å². The van der Waals surface area contributed by atoms with E-state index in [2.05, 4.69) is 0 Å². The lowest BCUT2D eigenvalue weighted by atomic mass is 10.00. The van der Waals surface area contributed by atoms with Crippen LogP contribution in [0.1, 0.15) is 211 Å². The second-order valence-corrected chi connectivity index (χ2v) is 28.8. The first-order valence-corrected chi connectivity index (χ1v) is 40.3. The summed E-state index contributed by atoms with van der Waals surface area (Å²) in [6.07, 6.45) is -13.5. The zero-order valence-electron chi connectivity index (χ0n) is 117. The van der Waals surface area contributed by atoms with Gasteiger partial charge in [-0.15, -0.1) is 0 Å². The molecule has 8 aliphatic heterocycles. The summed E-state index contributed by atoms with van der Waals surface area (Å²) in [6, 6.07) is 15.6. The standard InChI is InChI=1S/4C27H29NO3/c4*1-3-8-22(9-4-1)27(23-10-5-2-6-11-23)31-24-12-7-16-28(19-24)17-15-21-13-14-25-26(18-21)30-20-29-25/h4*1-6,8-11,13-14,18,24,27H,7,12,15-17,19-20H2/t4*24-/m1111/s1/i1D,2D,3D,4D,5D,6D,8D,9D,10D,11D,13D,14D,17D2,18D,20D2,27D;1D,2D,3D,4D,5D,6D,8D,9D,10D,11D,13D,14D,17D2,18D,27D;13D,14D,15D2,17D2,18D,20D2;13D,14D,15D2,17D2,18D. The van der Waals surface area contributed by atoms with Crippen molar-refractivity contribution in [3.05, 3.63) is 381 Å². The number of piperidine rings is 4. The molecule has 20 rings (SSSR count). The first kappa shape index (κ1) is 44.0. The van der Waals surface area contributed by atoms with Gasteiger partial charge in [0.05, 0.1) is 71.0 Å². The van der Waals surface area contributed by atoms with E-state index in [4.69, 9.17) is 123 Å². The number of benzene rings is 12. The summed E-state index contributed by atoms with van der Waals surface area (Å²) in [5.41, 5.74) is -0.946. The van der Waals surface area contributed by atoms with Gasteiger partial charge in [0, 0.05) is 68.6 Å². The van der Waals surface area contributed by atoms with E-state index in [1.54, 1.807) is 0 Å². The van der Waals surface area contributed by atoms with Crippen LogP contribution in [0, 0.1) is 0 Å². The third-order valence-corrected chi connectivity index (χ3v) is 20.2. The molecular formula is C108H116N4O12. The predicted molar refractivity (Wildman–Crippen MR) is 486 cm³/mol. The molecule has 0 aliphatic carbocycles. The maximum absolute atomic E-state index is 9.52. The van der Waals surface area contributed by atoms with Gasteiger partial charge in [0.15, 0.2) is 46.0 Å². The van der Waals surface area contributed by atoms with Gasteiger partial charge in [0.25, 0.3) is 0 Å². The Bertz CT molecular complexity index is 7840. The van der Waals surface area contributed by atoms with E-state index in [0.717, 1.165) is 22.3 Å². The smallest absolute Gasteiger partial charge is 0.231 e. The SMILES string of the molecule is [2H]c1c([2H])c(C([2H])([2H])C([2H])([2H])N2CCC[C@@H](OC(c3ccccc3)c3ccccc3)C2)c([2H])c2c1OC([2H])([2H])O2.[2H]c1c([2H])c(C([2H])([2H])C([2H])([2H])N2CCC[C@@H](OC(c3ccccc3)c3ccccc3)C2)c([2H])c2c1OCO2.[2H]c1c([2H])c([2H])c(C([2H])(O[C@@H]2CCCN(C([2H])([2H])Cc3c([2H])c([2H])c4c(c3[2H])OC([2H])([2H])O4)C2)c2c([2H])c([2H])c([2H])c([2H])c2[2H])c([2H])c1[2H].[2H]c1c([2H])c([2H])c(C([2H])(O[C@@H]2CCCN(C([2H])([2H])Cc3c([2H])c([2H])c4c(c3[2H])OCO4)C2)c2c([2H])c([2H])c([2H])c([2H])c2[2H])c([2H])c1[2H]. The van der Waals surface area contributed by atoms with E-state index in [-0.39, 0.29) is 150 Å². The fourth-order valence-corrected chi connectivity index (χ4v) is 14.3. The molecule has 0 radical (unpaired) electrons. The topological polar surface area (TPSA) is 124 Å². The quantitative estimate of drug-likeness (QED) is 0.0462. The average molecular weight is 1710 g/mol. The molecule has 0 aromatic heterocycles. The van der Waals surface area contributed by atoms with Gasteiger partial charge in [-0.3, -0.25) is 0 Å². The Labute approximate surface area is 802 Å². The van der Waals surface area contributed by atoms with Crippen LogP contribution >= 0.6 is 0 Å². The summed E-state index contributed by atoms with van der Waals surface area (Å²) in [4.78, 5) is 5.28. The lowest BCUT2D eigenvalue weighted by Gasteiger charge is -2.35. The van der Waals surface area contributed by atoms with Gasteiger partial charge >= 0.3 is 0 Å². The van der Waals surface area contributed by atoms with Crippen LogP contribution in [0.15, 0.2) is 315 Å². The highest BCUT2D eigenvalue weighted by molar-refractivity contribution is 5.48. The van der Waals surface area contributed by atoms with E-state index >= 15 is 0 Å². The highest BCUT2D eigenvalue weighted by Gasteiger charge is 2.32. The lowest BCUT2D eigenvalue weighted by molar-refractivity contribution is -0.0331. The normalized spacial score (nSPS) is 25.9. The van der Waals surface area contributed by atoms with Gasteiger partial charge in [0.2, 0.25) is 27.1 Å². The van der Waals surface area contributed by atoms with Gasteiger partial charge < -0.3 is 76.4 Å². The maximum Gasteiger partial charge on any atom is 0.231 e. The maximum atomic E-state index is 9.52. The fraction of sp³-hybridized carbons (Fsp3) is 0.333. The van der Waals surface area contributed by atoms with Crippen molar-refractivity contribution in [2.45, 2.75) is 126 Å². The van der Waals surface area contributed by atoms with Crippen LogP contribution in [0.3, 0.4) is 0 Å². The molecule has 4 saturated heterocycles. The molecule has 16 nitrogen and oxygen atoms in total. The van der Waals surface area contributed by atoms with E-state index in [1.807, 2.05) is 121 Å². The monoisotopic (exact) mass is 1710 g/mol. The number of fused-ring (bicyclic) bond motifs is 4. The molecule has 124 heavy (non-hydrogen) atoms. The van der Waals surface area contributed by atoms with Crippen molar-refractivity contribution in [3.63, 3.8) is 0 Å². The fourth-order valence-electron chi connectivity index (χ4n) is 14.3.